The molecule has 0 amide bonds. The lowest BCUT2D eigenvalue weighted by atomic mass is 10.1. The van der Waals surface area contributed by atoms with Crippen molar-refractivity contribution in [3.8, 4) is 0 Å². The van der Waals surface area contributed by atoms with Crippen LogP contribution in [0.15, 0.2) is 64.3 Å². The van der Waals surface area contributed by atoms with E-state index in [-0.39, 0.29) is 17.1 Å². The first-order valence-corrected chi connectivity index (χ1v) is 16.3. The monoisotopic (exact) mass is 640 g/mol. The summed E-state index contributed by atoms with van der Waals surface area (Å²) in [7, 11) is 0.839. The molecule has 1 aliphatic heterocycles. The first-order chi connectivity index (χ1) is 20.9. The summed E-state index contributed by atoms with van der Waals surface area (Å²) in [6.07, 6.45) is 1.70. The molecule has 2 aromatic carbocycles. The van der Waals surface area contributed by atoms with Crippen LogP contribution in [0.4, 0.5) is 22.3 Å². The van der Waals surface area contributed by atoms with Gasteiger partial charge in [0.1, 0.15) is 5.82 Å². The van der Waals surface area contributed by atoms with E-state index < -0.39 is 10.4 Å². The molecule has 12 nitrogen and oxygen atoms in total. The van der Waals surface area contributed by atoms with Crippen molar-refractivity contribution < 1.29 is 31.2 Å². The Morgan fingerprint density at radius 2 is 1.55 bits per heavy atom. The summed E-state index contributed by atoms with van der Waals surface area (Å²) in [6.45, 7) is 9.78. The number of allylic oxidation sites excluding steroid dienone is 1. The number of carbonyl (C=O) groups excluding carboxylic acids is 2. The van der Waals surface area contributed by atoms with Crippen LogP contribution in [0.3, 0.4) is 0 Å². The maximum Gasteiger partial charge on any atom is 0.232 e. The molecule has 3 aromatic rings. The van der Waals surface area contributed by atoms with E-state index in [0.717, 1.165) is 72.9 Å². The van der Waals surface area contributed by atoms with E-state index in [1.54, 1.807) is 30.3 Å². The molecular weight excluding hydrogens is 605 g/mol. The predicted molar refractivity (Wildman–Crippen MR) is 170 cm³/mol. The van der Waals surface area contributed by atoms with Gasteiger partial charge in [0, 0.05) is 29.9 Å². The van der Waals surface area contributed by atoms with Crippen LogP contribution in [0.1, 0.15) is 39.4 Å². The third-order valence-corrected chi connectivity index (χ3v) is 8.77. The maximum absolute atomic E-state index is 13.1. The van der Waals surface area contributed by atoms with Crippen LogP contribution in [0.25, 0.3) is 6.08 Å². The SMILES string of the molecule is CCN(CC)c1ccc(/N=N/c2nc(N3CC[N+](C)(C)CC3)c(C=C3C(=O)c4ccccc4C3=O)s2)cc1.COS(=O)(=O)[O-]. The number of rotatable bonds is 8. The summed E-state index contributed by atoms with van der Waals surface area (Å²) in [5.74, 6) is 0.278. The van der Waals surface area contributed by atoms with Crippen LogP contribution in [0.5, 0.6) is 0 Å². The number of quaternary nitrogens is 1. The van der Waals surface area contributed by atoms with Crippen LogP contribution in [-0.2, 0) is 14.6 Å². The quantitative estimate of drug-likeness (QED) is 0.0842. The fourth-order valence-corrected chi connectivity index (χ4v) is 5.70. The molecule has 0 bridgehead atoms. The van der Waals surface area contributed by atoms with Crippen molar-refractivity contribution in [2.24, 2.45) is 10.2 Å². The maximum atomic E-state index is 13.1. The van der Waals surface area contributed by atoms with Gasteiger partial charge in [-0.05, 0) is 44.2 Å². The van der Waals surface area contributed by atoms with E-state index in [2.05, 4.69) is 52.2 Å². The highest BCUT2D eigenvalue weighted by Crippen LogP contribution is 2.37. The molecule has 14 heteroatoms. The van der Waals surface area contributed by atoms with E-state index in [4.69, 9.17) is 4.98 Å². The zero-order valence-electron chi connectivity index (χ0n) is 25.4. The molecule has 5 rings (SSSR count). The third-order valence-electron chi connectivity index (χ3n) is 7.49. The van der Waals surface area contributed by atoms with Gasteiger partial charge < -0.3 is 18.8 Å². The highest BCUT2D eigenvalue weighted by atomic mass is 32.3. The van der Waals surface area contributed by atoms with E-state index in [0.29, 0.717) is 16.3 Å². The minimum atomic E-state index is -4.41. The number of azo groups is 1. The summed E-state index contributed by atoms with van der Waals surface area (Å²) < 4.78 is 32.0. The lowest BCUT2D eigenvalue weighted by molar-refractivity contribution is -0.890. The van der Waals surface area contributed by atoms with Crippen molar-refractivity contribution in [3.05, 3.63) is 70.1 Å². The smallest absolute Gasteiger partial charge is 0.232 e. The van der Waals surface area contributed by atoms with Gasteiger partial charge in [-0.15, -0.1) is 10.2 Å². The van der Waals surface area contributed by atoms with Crippen molar-refractivity contribution >= 4 is 61.7 Å². The molecule has 1 fully saturated rings. The Morgan fingerprint density at radius 1 is 1.00 bits per heavy atom. The van der Waals surface area contributed by atoms with E-state index in [1.165, 1.54) is 11.3 Å². The number of anilines is 2. The van der Waals surface area contributed by atoms with Crippen LogP contribution in [0.2, 0.25) is 0 Å². The Hall–Kier alpha value is -3.82. The second kappa shape index (κ2) is 13.9. The minimum Gasteiger partial charge on any atom is -0.726 e. The number of hydrogen-bond donors (Lipinski definition) is 0. The van der Waals surface area contributed by atoms with E-state index >= 15 is 0 Å². The Labute approximate surface area is 261 Å². The Morgan fingerprint density at radius 3 is 2.05 bits per heavy atom. The third kappa shape index (κ3) is 8.01. The van der Waals surface area contributed by atoms with E-state index in [9.17, 15) is 22.6 Å². The molecule has 0 saturated carbocycles. The number of Topliss-reactive ketones (excluding diaryl/α,β-unsaturated/α-hetero) is 2. The second-order valence-electron chi connectivity index (χ2n) is 10.8. The summed E-state index contributed by atoms with van der Waals surface area (Å²) in [4.78, 5) is 36.2. The molecule has 1 aromatic heterocycles. The highest BCUT2D eigenvalue weighted by molar-refractivity contribution is 7.80. The highest BCUT2D eigenvalue weighted by Gasteiger charge is 2.34. The normalized spacial score (nSPS) is 16.1. The zero-order valence-corrected chi connectivity index (χ0v) is 27.0. The molecular formula is C30H36N6O6S2. The number of ketones is 2. The zero-order chi connectivity index (χ0) is 32.1. The molecule has 2 heterocycles. The van der Waals surface area contributed by atoms with Crippen LogP contribution in [-0.4, -0.2) is 94.5 Å². The number of thiazole rings is 1. The molecule has 44 heavy (non-hydrogen) atoms. The number of fused-ring (bicyclic) bond motifs is 1. The second-order valence-corrected chi connectivity index (χ2v) is 12.9. The number of hydrogen-bond acceptors (Lipinski definition) is 12. The van der Waals surface area contributed by atoms with Crippen LogP contribution in [0, 0.1) is 0 Å². The Balaban J connectivity index is 0.000000670. The van der Waals surface area contributed by atoms with Gasteiger partial charge >= 0.3 is 0 Å². The number of carbonyl (C=O) groups is 2. The van der Waals surface area contributed by atoms with Crippen LogP contribution >= 0.6 is 11.3 Å². The molecule has 0 atom stereocenters. The molecule has 1 saturated heterocycles. The van der Waals surface area contributed by atoms with E-state index in [1.807, 2.05) is 24.3 Å². The average molecular weight is 641 g/mol. The van der Waals surface area contributed by atoms with Gasteiger partial charge in [-0.2, -0.15) is 4.98 Å². The van der Waals surface area contributed by atoms with Gasteiger partial charge in [0.2, 0.25) is 15.5 Å². The van der Waals surface area contributed by atoms with Crippen molar-refractivity contribution in [2.75, 3.05) is 70.3 Å². The van der Waals surface area contributed by atoms with Crippen molar-refractivity contribution in [1.82, 2.24) is 4.98 Å². The topological polar surface area (TPSA) is 145 Å². The van der Waals surface area contributed by atoms with Crippen LogP contribution < -0.4 is 9.80 Å². The fraction of sp³-hybridized carbons (Fsp3) is 0.367. The lowest BCUT2D eigenvalue weighted by Crippen LogP contribution is -2.55. The van der Waals surface area contributed by atoms with Crippen molar-refractivity contribution in [1.29, 1.82) is 0 Å². The number of benzene rings is 2. The standard InChI is InChI=1S/C29H33N6O2S.CH4O4S/c1-5-33(6-2)21-13-11-20(12-14-21)31-32-29-30-28(34-15-17-35(3,4)18-16-34)25(38-29)19-24-26(36)22-9-7-8-10-23(22)27(24)37;1-5-6(2,3)4/h7-14,19H,5-6,15-18H2,1-4H3;1H3,(H,2,3,4)/q+1;/p-1/b32-31+;. The molecule has 0 radical (unpaired) electrons. The number of aromatic nitrogens is 1. The summed E-state index contributed by atoms with van der Waals surface area (Å²) in [6, 6.07) is 15.0. The van der Waals surface area contributed by atoms with Gasteiger partial charge in [-0.1, -0.05) is 35.6 Å². The largest absolute Gasteiger partial charge is 0.726 e. The minimum absolute atomic E-state index is 0.180. The number of piperazine rings is 1. The molecule has 2 aliphatic rings. The summed E-state index contributed by atoms with van der Waals surface area (Å²) in [5.41, 5.74) is 2.99. The van der Waals surface area contributed by atoms with Crippen molar-refractivity contribution in [2.45, 2.75) is 13.8 Å². The van der Waals surface area contributed by atoms with Gasteiger partial charge in [0.25, 0.3) is 0 Å². The lowest BCUT2D eigenvalue weighted by Gasteiger charge is -2.39. The fourth-order valence-electron chi connectivity index (χ4n) is 4.85. The van der Waals surface area contributed by atoms with Gasteiger partial charge in [0.05, 0.1) is 63.5 Å². The average Bonchev–Trinajstić information content (AvgIpc) is 3.51. The molecule has 1 aliphatic carbocycles. The Kier molecular flexibility index (Phi) is 10.4. The predicted octanol–water partition coefficient (Wildman–Crippen LogP) is 4.86. The molecule has 0 N–H and O–H groups in total. The first-order valence-electron chi connectivity index (χ1n) is 14.1. The van der Waals surface area contributed by atoms with Gasteiger partial charge in [-0.25, -0.2) is 8.42 Å². The van der Waals surface area contributed by atoms with Gasteiger partial charge in [0.15, 0.2) is 11.6 Å². The van der Waals surface area contributed by atoms with Crippen molar-refractivity contribution in [3.63, 3.8) is 0 Å². The molecule has 0 spiro atoms. The molecule has 0 unspecified atom stereocenters. The summed E-state index contributed by atoms with van der Waals surface area (Å²) >= 11 is 1.35. The molecule has 234 valence electrons. The number of nitrogens with zero attached hydrogens (tertiary/aromatic N) is 6. The Bertz CT molecular complexity index is 1630. The number of likely N-dealkylation sites (N-methyl/N-ethyl adjacent to an activating group) is 1. The summed E-state index contributed by atoms with van der Waals surface area (Å²) in [5, 5.41) is 9.36. The van der Waals surface area contributed by atoms with Gasteiger partial charge in [-0.3, -0.25) is 13.8 Å². The first kappa shape index (κ1) is 33.1.